The molecule has 14 heavy (non-hydrogen) atoms. The van der Waals surface area contributed by atoms with E-state index in [0.29, 0.717) is 5.56 Å². The van der Waals surface area contributed by atoms with Gasteiger partial charge in [0.15, 0.2) is 11.5 Å². The average Bonchev–Trinajstić information content (AvgIpc) is 2.57. The predicted octanol–water partition coefficient (Wildman–Crippen LogP) is -0.184. The second-order valence-electron chi connectivity index (χ2n) is 3.10. The molecule has 1 fully saturated rings. The van der Waals surface area contributed by atoms with Gasteiger partial charge in [-0.2, -0.15) is 0 Å². The third-order valence-corrected chi connectivity index (χ3v) is 2.13. The zero-order valence-electron chi connectivity index (χ0n) is 7.32. The zero-order valence-corrected chi connectivity index (χ0v) is 7.32. The third kappa shape index (κ3) is 1.38. The molecule has 4 N–H and O–H groups in total. The number of amides is 1. The van der Waals surface area contributed by atoms with Gasteiger partial charge in [-0.3, -0.25) is 10.1 Å². The lowest BCUT2D eigenvalue weighted by molar-refractivity contribution is -0.118. The summed E-state index contributed by atoms with van der Waals surface area (Å²) in [6.45, 7) is 0.222. The van der Waals surface area contributed by atoms with Crippen molar-refractivity contribution in [1.82, 2.24) is 10.6 Å². The fourth-order valence-corrected chi connectivity index (χ4v) is 1.43. The summed E-state index contributed by atoms with van der Waals surface area (Å²) in [6, 6.07) is 4.63. The van der Waals surface area contributed by atoms with Gasteiger partial charge in [-0.1, -0.05) is 12.1 Å². The smallest absolute Gasteiger partial charge is 0.235 e. The molecule has 1 aromatic rings. The Morgan fingerprint density at radius 2 is 2.14 bits per heavy atom. The van der Waals surface area contributed by atoms with Crippen LogP contribution in [0.1, 0.15) is 11.7 Å². The molecule has 1 unspecified atom stereocenters. The molecule has 0 aliphatic carbocycles. The van der Waals surface area contributed by atoms with Gasteiger partial charge < -0.3 is 15.5 Å². The van der Waals surface area contributed by atoms with Crippen LogP contribution in [0, 0.1) is 0 Å². The Labute approximate surface area is 80.4 Å². The number of phenols is 2. The summed E-state index contributed by atoms with van der Waals surface area (Å²) in [5.41, 5.74) is 0.468. The highest BCUT2D eigenvalue weighted by Gasteiger charge is 2.24. The van der Waals surface area contributed by atoms with Crippen molar-refractivity contribution in [1.29, 1.82) is 0 Å². The molecule has 5 heteroatoms. The minimum absolute atomic E-state index is 0.127. The van der Waals surface area contributed by atoms with Crippen molar-refractivity contribution in [3.8, 4) is 11.5 Å². The maximum atomic E-state index is 10.9. The number of benzene rings is 1. The minimum Gasteiger partial charge on any atom is -0.504 e. The van der Waals surface area contributed by atoms with Gasteiger partial charge in [-0.15, -0.1) is 0 Å². The van der Waals surface area contributed by atoms with Crippen molar-refractivity contribution in [2.75, 3.05) is 6.54 Å². The van der Waals surface area contributed by atoms with E-state index in [2.05, 4.69) is 10.6 Å². The number of hydrogen-bond acceptors (Lipinski definition) is 4. The van der Waals surface area contributed by atoms with Gasteiger partial charge in [-0.05, 0) is 6.07 Å². The monoisotopic (exact) mass is 194 g/mol. The second-order valence-corrected chi connectivity index (χ2v) is 3.10. The molecule has 1 aromatic carbocycles. The summed E-state index contributed by atoms with van der Waals surface area (Å²) >= 11 is 0. The van der Waals surface area contributed by atoms with Crippen LogP contribution in [0.3, 0.4) is 0 Å². The van der Waals surface area contributed by atoms with Crippen molar-refractivity contribution >= 4 is 5.91 Å². The summed E-state index contributed by atoms with van der Waals surface area (Å²) in [7, 11) is 0. The summed E-state index contributed by atoms with van der Waals surface area (Å²) in [6.07, 6.45) is -0.422. The van der Waals surface area contributed by atoms with E-state index in [-0.39, 0.29) is 24.0 Å². The molecular formula is C9H10N2O3. The van der Waals surface area contributed by atoms with Gasteiger partial charge in [0.05, 0.1) is 6.54 Å². The first-order valence-electron chi connectivity index (χ1n) is 4.22. The van der Waals surface area contributed by atoms with Crippen molar-refractivity contribution in [2.24, 2.45) is 0 Å². The first-order chi connectivity index (χ1) is 6.68. The van der Waals surface area contributed by atoms with Crippen molar-refractivity contribution in [2.45, 2.75) is 6.17 Å². The highest BCUT2D eigenvalue weighted by molar-refractivity contribution is 5.80. The van der Waals surface area contributed by atoms with Gasteiger partial charge in [-0.25, -0.2) is 0 Å². The molecule has 1 aliphatic rings. The van der Waals surface area contributed by atoms with E-state index < -0.39 is 6.17 Å². The van der Waals surface area contributed by atoms with E-state index >= 15 is 0 Å². The Morgan fingerprint density at radius 3 is 2.79 bits per heavy atom. The number of para-hydroxylation sites is 1. The number of carbonyl (C=O) groups is 1. The van der Waals surface area contributed by atoms with Crippen LogP contribution in [-0.2, 0) is 4.79 Å². The lowest BCUT2D eigenvalue weighted by Crippen LogP contribution is -2.22. The molecular weight excluding hydrogens is 184 g/mol. The third-order valence-electron chi connectivity index (χ3n) is 2.13. The topological polar surface area (TPSA) is 81.6 Å². The largest absolute Gasteiger partial charge is 0.504 e. The molecule has 1 heterocycles. The summed E-state index contributed by atoms with van der Waals surface area (Å²) in [5, 5.41) is 24.2. The Balaban J connectivity index is 2.32. The van der Waals surface area contributed by atoms with E-state index in [1.807, 2.05) is 0 Å². The van der Waals surface area contributed by atoms with Crippen LogP contribution in [-0.4, -0.2) is 22.7 Å². The molecule has 1 amide bonds. The fraction of sp³-hybridized carbons (Fsp3) is 0.222. The van der Waals surface area contributed by atoms with E-state index in [9.17, 15) is 15.0 Å². The maximum Gasteiger partial charge on any atom is 0.235 e. The van der Waals surface area contributed by atoms with E-state index in [0.717, 1.165) is 0 Å². The molecule has 0 radical (unpaired) electrons. The molecule has 0 spiro atoms. The molecule has 74 valence electrons. The van der Waals surface area contributed by atoms with Crippen LogP contribution in [0.15, 0.2) is 18.2 Å². The van der Waals surface area contributed by atoms with Crippen LogP contribution in [0.25, 0.3) is 0 Å². The Morgan fingerprint density at radius 1 is 1.36 bits per heavy atom. The van der Waals surface area contributed by atoms with Crippen molar-refractivity contribution < 1.29 is 15.0 Å². The van der Waals surface area contributed by atoms with Crippen LogP contribution < -0.4 is 10.6 Å². The number of rotatable bonds is 1. The summed E-state index contributed by atoms with van der Waals surface area (Å²) < 4.78 is 0. The Kier molecular flexibility index (Phi) is 2.01. The SMILES string of the molecule is O=C1CNC(c2cccc(O)c2O)N1. The molecule has 0 saturated carbocycles. The predicted molar refractivity (Wildman–Crippen MR) is 48.7 cm³/mol. The van der Waals surface area contributed by atoms with Crippen LogP contribution in [0.2, 0.25) is 0 Å². The number of phenolic OH excluding ortho intramolecular Hbond substituents is 2. The van der Waals surface area contributed by atoms with Gasteiger partial charge in [0.1, 0.15) is 6.17 Å². The minimum atomic E-state index is -0.422. The molecule has 1 aliphatic heterocycles. The maximum absolute atomic E-state index is 10.9. The molecule has 2 rings (SSSR count). The van der Waals surface area contributed by atoms with Crippen molar-refractivity contribution in [3.63, 3.8) is 0 Å². The Bertz CT molecular complexity index is 378. The van der Waals surface area contributed by atoms with Crippen LogP contribution in [0.5, 0.6) is 11.5 Å². The normalized spacial score (nSPS) is 20.9. The highest BCUT2D eigenvalue weighted by Crippen LogP contribution is 2.32. The van der Waals surface area contributed by atoms with Crippen molar-refractivity contribution in [3.05, 3.63) is 23.8 Å². The molecule has 0 bridgehead atoms. The van der Waals surface area contributed by atoms with Crippen LogP contribution in [0.4, 0.5) is 0 Å². The first kappa shape index (κ1) is 8.83. The number of hydrogen-bond donors (Lipinski definition) is 4. The number of carbonyl (C=O) groups excluding carboxylic acids is 1. The van der Waals surface area contributed by atoms with Gasteiger partial charge >= 0.3 is 0 Å². The van der Waals surface area contributed by atoms with Gasteiger partial charge in [0.25, 0.3) is 0 Å². The first-order valence-corrected chi connectivity index (χ1v) is 4.22. The zero-order chi connectivity index (χ0) is 10.1. The average molecular weight is 194 g/mol. The standard InChI is InChI=1S/C9H10N2O3/c12-6-3-1-2-5(8(6)14)9-10-4-7(13)11-9/h1-3,9-10,12,14H,4H2,(H,11,13). The number of aromatic hydroxyl groups is 2. The van der Waals surface area contributed by atoms with E-state index in [1.165, 1.54) is 6.07 Å². The lowest BCUT2D eigenvalue weighted by atomic mass is 10.1. The summed E-state index contributed by atoms with van der Waals surface area (Å²) in [4.78, 5) is 10.9. The lowest BCUT2D eigenvalue weighted by Gasteiger charge is -2.12. The highest BCUT2D eigenvalue weighted by atomic mass is 16.3. The van der Waals surface area contributed by atoms with E-state index in [4.69, 9.17) is 0 Å². The number of nitrogens with one attached hydrogen (secondary N) is 2. The Hall–Kier alpha value is -1.75. The fourth-order valence-electron chi connectivity index (χ4n) is 1.43. The van der Waals surface area contributed by atoms with E-state index in [1.54, 1.807) is 12.1 Å². The van der Waals surface area contributed by atoms with Gasteiger partial charge in [0.2, 0.25) is 5.91 Å². The quantitative estimate of drug-likeness (QED) is 0.467. The molecule has 0 aromatic heterocycles. The summed E-state index contributed by atoms with van der Waals surface area (Å²) in [5.74, 6) is -0.518. The molecule has 5 nitrogen and oxygen atoms in total. The molecule has 1 atom stereocenters. The van der Waals surface area contributed by atoms with Gasteiger partial charge in [0, 0.05) is 5.56 Å². The molecule has 1 saturated heterocycles. The van der Waals surface area contributed by atoms with Crippen LogP contribution >= 0.6 is 0 Å². The second kappa shape index (κ2) is 3.19.